The highest BCUT2D eigenvalue weighted by molar-refractivity contribution is 5.68. The predicted octanol–water partition coefficient (Wildman–Crippen LogP) is 3.80. The Labute approximate surface area is 107 Å². The largest absolute Gasteiger partial charge is 0.444 e. The van der Waals surface area contributed by atoms with Crippen LogP contribution in [0.15, 0.2) is 24.3 Å². The molecule has 4 heteroatoms. The molecule has 1 amide bonds. The molecule has 1 unspecified atom stereocenters. The van der Waals surface area contributed by atoms with Crippen LogP contribution in [0.2, 0.25) is 0 Å². The van der Waals surface area contributed by atoms with Gasteiger partial charge in [-0.05, 0) is 44.9 Å². The van der Waals surface area contributed by atoms with Gasteiger partial charge < -0.3 is 10.1 Å². The maximum atomic E-state index is 12.8. The number of halogens is 1. The molecular weight excluding hydrogens is 233 g/mol. The summed E-state index contributed by atoms with van der Waals surface area (Å²) in [6.07, 6.45) is 0.254. The number of rotatable bonds is 3. The van der Waals surface area contributed by atoms with Gasteiger partial charge in [0.1, 0.15) is 11.4 Å². The maximum Gasteiger partial charge on any atom is 0.408 e. The lowest BCUT2D eigenvalue weighted by Gasteiger charge is -2.23. The molecule has 0 heterocycles. The third kappa shape index (κ3) is 4.73. The van der Waals surface area contributed by atoms with Gasteiger partial charge in [0.05, 0.1) is 6.04 Å². The van der Waals surface area contributed by atoms with E-state index in [1.807, 2.05) is 27.7 Å². The lowest BCUT2D eigenvalue weighted by atomic mass is 10.0. The number of hydrogen-bond donors (Lipinski definition) is 1. The van der Waals surface area contributed by atoms with Crippen LogP contribution in [0.3, 0.4) is 0 Å². The van der Waals surface area contributed by atoms with Gasteiger partial charge in [0.15, 0.2) is 0 Å². The van der Waals surface area contributed by atoms with E-state index >= 15 is 0 Å². The molecule has 1 N–H and O–H groups in total. The van der Waals surface area contributed by atoms with E-state index in [1.165, 1.54) is 12.1 Å². The fourth-order valence-electron chi connectivity index (χ4n) is 1.57. The van der Waals surface area contributed by atoms with Crippen molar-refractivity contribution in [2.45, 2.75) is 45.8 Å². The van der Waals surface area contributed by atoms with Crippen molar-refractivity contribution in [3.05, 3.63) is 35.6 Å². The van der Waals surface area contributed by atoms with Crippen molar-refractivity contribution in [3.63, 3.8) is 0 Å². The lowest BCUT2D eigenvalue weighted by Crippen LogP contribution is -2.34. The minimum Gasteiger partial charge on any atom is -0.444 e. The van der Waals surface area contributed by atoms with Gasteiger partial charge in [-0.2, -0.15) is 0 Å². The summed E-state index contributed by atoms with van der Waals surface area (Å²) in [5, 5.41) is 2.78. The van der Waals surface area contributed by atoms with Gasteiger partial charge in [0.2, 0.25) is 0 Å². The van der Waals surface area contributed by atoms with Crippen molar-refractivity contribution >= 4 is 6.09 Å². The summed E-state index contributed by atoms with van der Waals surface area (Å²) >= 11 is 0. The van der Waals surface area contributed by atoms with Crippen molar-refractivity contribution in [2.75, 3.05) is 0 Å². The molecule has 0 radical (unpaired) electrons. The van der Waals surface area contributed by atoms with Crippen LogP contribution in [0.25, 0.3) is 0 Å². The van der Waals surface area contributed by atoms with Crippen LogP contribution in [-0.2, 0) is 4.74 Å². The molecule has 0 bridgehead atoms. The zero-order valence-electron chi connectivity index (χ0n) is 11.3. The minimum absolute atomic E-state index is 0.166. The van der Waals surface area contributed by atoms with Crippen LogP contribution in [0.1, 0.15) is 45.7 Å². The number of amides is 1. The molecule has 0 fully saturated rings. The Morgan fingerprint density at radius 1 is 1.33 bits per heavy atom. The van der Waals surface area contributed by atoms with Gasteiger partial charge in [-0.1, -0.05) is 19.1 Å². The Morgan fingerprint density at radius 2 is 1.89 bits per heavy atom. The maximum absolute atomic E-state index is 12.8. The Hall–Kier alpha value is -1.58. The van der Waals surface area contributed by atoms with Gasteiger partial charge >= 0.3 is 6.09 Å². The highest BCUT2D eigenvalue weighted by atomic mass is 19.1. The molecular formula is C14H20FNO2. The van der Waals surface area contributed by atoms with Gasteiger partial charge in [0.25, 0.3) is 0 Å². The molecule has 1 rings (SSSR count). The molecule has 100 valence electrons. The Kier molecular flexibility index (Phi) is 4.70. The van der Waals surface area contributed by atoms with Gasteiger partial charge in [-0.15, -0.1) is 0 Å². The first-order valence-electron chi connectivity index (χ1n) is 6.07. The molecule has 1 aromatic rings. The fraction of sp³-hybridized carbons (Fsp3) is 0.500. The summed E-state index contributed by atoms with van der Waals surface area (Å²) < 4.78 is 18.0. The van der Waals surface area contributed by atoms with Crippen LogP contribution >= 0.6 is 0 Å². The standard InChI is InChI=1S/C14H20FNO2/c1-5-12(10-6-8-11(15)9-7-10)16-13(17)18-14(2,3)4/h6-9,12H,5H2,1-4H3,(H,16,17). The first-order valence-corrected chi connectivity index (χ1v) is 6.07. The van der Waals surface area contributed by atoms with E-state index in [9.17, 15) is 9.18 Å². The quantitative estimate of drug-likeness (QED) is 0.889. The summed E-state index contributed by atoms with van der Waals surface area (Å²) in [5.74, 6) is -0.286. The number of ether oxygens (including phenoxy) is 1. The second kappa shape index (κ2) is 5.85. The Balaban J connectivity index is 2.68. The second-order valence-corrected chi connectivity index (χ2v) is 5.16. The summed E-state index contributed by atoms with van der Waals surface area (Å²) in [5.41, 5.74) is 0.343. The van der Waals surface area contributed by atoms with Crippen LogP contribution in [-0.4, -0.2) is 11.7 Å². The normalized spacial score (nSPS) is 12.9. The van der Waals surface area contributed by atoms with Crippen molar-refractivity contribution in [2.24, 2.45) is 0 Å². The summed E-state index contributed by atoms with van der Waals surface area (Å²) in [6, 6.07) is 5.94. The van der Waals surface area contributed by atoms with E-state index in [2.05, 4.69) is 5.32 Å². The molecule has 0 saturated carbocycles. The first kappa shape index (κ1) is 14.5. The number of carbonyl (C=O) groups excluding carboxylic acids is 1. The molecule has 3 nitrogen and oxygen atoms in total. The van der Waals surface area contributed by atoms with Crippen LogP contribution in [0, 0.1) is 5.82 Å². The Morgan fingerprint density at radius 3 is 2.33 bits per heavy atom. The molecule has 0 saturated heterocycles. The van der Waals surface area contributed by atoms with Crippen molar-refractivity contribution < 1.29 is 13.9 Å². The monoisotopic (exact) mass is 253 g/mol. The van der Waals surface area contributed by atoms with Gasteiger partial charge in [-0.3, -0.25) is 0 Å². The summed E-state index contributed by atoms with van der Waals surface area (Å²) in [6.45, 7) is 7.38. The van der Waals surface area contributed by atoms with E-state index in [1.54, 1.807) is 12.1 Å². The van der Waals surface area contributed by atoms with Crippen molar-refractivity contribution in [1.82, 2.24) is 5.32 Å². The third-order valence-electron chi connectivity index (χ3n) is 2.37. The molecule has 0 aliphatic rings. The number of nitrogens with one attached hydrogen (secondary N) is 1. The van der Waals surface area contributed by atoms with E-state index in [-0.39, 0.29) is 11.9 Å². The molecule has 0 aliphatic carbocycles. The smallest absolute Gasteiger partial charge is 0.408 e. The SMILES string of the molecule is CCC(NC(=O)OC(C)(C)C)c1ccc(F)cc1. The van der Waals surface area contributed by atoms with Crippen molar-refractivity contribution in [1.29, 1.82) is 0 Å². The predicted molar refractivity (Wildman–Crippen MR) is 68.8 cm³/mol. The molecule has 0 spiro atoms. The number of hydrogen-bond acceptors (Lipinski definition) is 2. The third-order valence-corrected chi connectivity index (χ3v) is 2.37. The molecule has 0 aliphatic heterocycles. The van der Waals surface area contributed by atoms with Gasteiger partial charge in [0, 0.05) is 0 Å². The molecule has 0 aromatic heterocycles. The van der Waals surface area contributed by atoms with E-state index in [4.69, 9.17) is 4.74 Å². The molecule has 18 heavy (non-hydrogen) atoms. The summed E-state index contributed by atoms with van der Waals surface area (Å²) in [7, 11) is 0. The van der Waals surface area contributed by atoms with Crippen LogP contribution in [0.4, 0.5) is 9.18 Å². The summed E-state index contributed by atoms with van der Waals surface area (Å²) in [4.78, 5) is 11.7. The number of carbonyl (C=O) groups is 1. The average Bonchev–Trinajstić information content (AvgIpc) is 2.25. The zero-order chi connectivity index (χ0) is 13.8. The fourth-order valence-corrected chi connectivity index (χ4v) is 1.57. The van der Waals surface area contributed by atoms with E-state index < -0.39 is 11.7 Å². The van der Waals surface area contributed by atoms with E-state index in [0.717, 1.165) is 5.56 Å². The van der Waals surface area contributed by atoms with Crippen LogP contribution in [0.5, 0.6) is 0 Å². The minimum atomic E-state index is -0.523. The highest BCUT2D eigenvalue weighted by Crippen LogP contribution is 2.18. The molecule has 1 atom stereocenters. The van der Waals surface area contributed by atoms with Gasteiger partial charge in [-0.25, -0.2) is 9.18 Å². The number of benzene rings is 1. The second-order valence-electron chi connectivity index (χ2n) is 5.16. The highest BCUT2D eigenvalue weighted by Gasteiger charge is 2.19. The Bertz CT molecular complexity index is 395. The lowest BCUT2D eigenvalue weighted by molar-refractivity contribution is 0.0502. The van der Waals surface area contributed by atoms with E-state index in [0.29, 0.717) is 6.42 Å². The first-order chi connectivity index (χ1) is 8.31. The topological polar surface area (TPSA) is 38.3 Å². The van der Waals surface area contributed by atoms with Crippen LogP contribution < -0.4 is 5.32 Å². The average molecular weight is 253 g/mol. The number of alkyl carbamates (subject to hydrolysis) is 1. The molecule has 1 aromatic carbocycles. The van der Waals surface area contributed by atoms with Crippen molar-refractivity contribution in [3.8, 4) is 0 Å². The zero-order valence-corrected chi connectivity index (χ0v) is 11.3.